The molecule has 1 aliphatic rings. The standard InChI is InChI=1S/C34H38ClN3O2/c1-21(2)18-34(19-22(3)15-23(4)20-34)33(40)37-29-13-14-30-26(16-29)17-31(38-30)24-7-11-28(12-8-24)36-32(39)25-5-9-27(35)10-6-25/h5-14,16-17,21-23,38H,15,18-20H2,1-4H3,(H,36,39)(H,37,40). The third-order valence-electron chi connectivity index (χ3n) is 8.00. The summed E-state index contributed by atoms with van der Waals surface area (Å²) in [5.74, 6) is 1.55. The number of nitrogens with one attached hydrogen (secondary N) is 3. The predicted molar refractivity (Wildman–Crippen MR) is 166 cm³/mol. The van der Waals surface area contributed by atoms with Gasteiger partial charge in [0, 0.05) is 38.6 Å². The Kier molecular flexibility index (Phi) is 8.04. The van der Waals surface area contributed by atoms with Crippen molar-refractivity contribution in [1.82, 2.24) is 4.98 Å². The number of carbonyl (C=O) groups is 2. The van der Waals surface area contributed by atoms with Crippen LogP contribution in [0, 0.1) is 23.2 Å². The van der Waals surface area contributed by atoms with Gasteiger partial charge in [-0.2, -0.15) is 0 Å². The van der Waals surface area contributed by atoms with E-state index in [1.165, 1.54) is 6.42 Å². The highest BCUT2D eigenvalue weighted by atomic mass is 35.5. The van der Waals surface area contributed by atoms with Gasteiger partial charge in [-0.25, -0.2) is 0 Å². The first-order valence-electron chi connectivity index (χ1n) is 14.2. The van der Waals surface area contributed by atoms with Gasteiger partial charge in [0.2, 0.25) is 5.91 Å². The minimum atomic E-state index is -0.311. The minimum Gasteiger partial charge on any atom is -0.355 e. The Hall–Kier alpha value is -3.57. The smallest absolute Gasteiger partial charge is 0.255 e. The normalized spacial score (nSPS) is 20.9. The van der Waals surface area contributed by atoms with Crippen molar-refractivity contribution in [2.24, 2.45) is 23.2 Å². The molecule has 208 valence electrons. The van der Waals surface area contributed by atoms with Gasteiger partial charge < -0.3 is 15.6 Å². The molecule has 0 spiro atoms. The quantitative estimate of drug-likeness (QED) is 0.212. The van der Waals surface area contributed by atoms with E-state index in [9.17, 15) is 9.59 Å². The molecule has 5 nitrogen and oxygen atoms in total. The van der Waals surface area contributed by atoms with Crippen molar-refractivity contribution in [1.29, 1.82) is 0 Å². The molecule has 6 heteroatoms. The maximum Gasteiger partial charge on any atom is 0.255 e. The fraction of sp³-hybridized carbons (Fsp3) is 0.353. The molecule has 1 aromatic heterocycles. The summed E-state index contributed by atoms with van der Waals surface area (Å²) in [5.41, 5.74) is 4.77. The summed E-state index contributed by atoms with van der Waals surface area (Å²) in [4.78, 5) is 29.7. The Balaban J connectivity index is 1.30. The van der Waals surface area contributed by atoms with E-state index in [2.05, 4.69) is 49.4 Å². The lowest BCUT2D eigenvalue weighted by Crippen LogP contribution is -2.43. The van der Waals surface area contributed by atoms with E-state index < -0.39 is 0 Å². The number of fused-ring (bicyclic) bond motifs is 1. The number of hydrogen-bond acceptors (Lipinski definition) is 2. The molecule has 1 saturated carbocycles. The van der Waals surface area contributed by atoms with Crippen LogP contribution in [0.2, 0.25) is 5.02 Å². The van der Waals surface area contributed by atoms with Gasteiger partial charge in [0.1, 0.15) is 0 Å². The molecule has 0 radical (unpaired) electrons. The molecule has 2 atom stereocenters. The van der Waals surface area contributed by atoms with Crippen LogP contribution < -0.4 is 10.6 Å². The van der Waals surface area contributed by atoms with Gasteiger partial charge in [0.05, 0.1) is 5.41 Å². The molecule has 2 unspecified atom stereocenters. The monoisotopic (exact) mass is 555 g/mol. The number of anilines is 2. The number of benzene rings is 3. The minimum absolute atomic E-state index is 0.158. The summed E-state index contributed by atoms with van der Waals surface area (Å²) in [6.07, 6.45) is 4.02. The topological polar surface area (TPSA) is 74.0 Å². The van der Waals surface area contributed by atoms with Crippen LogP contribution in [0.5, 0.6) is 0 Å². The third kappa shape index (κ3) is 6.26. The van der Waals surface area contributed by atoms with Gasteiger partial charge in [-0.1, -0.05) is 51.4 Å². The lowest BCUT2D eigenvalue weighted by Gasteiger charge is -2.42. The van der Waals surface area contributed by atoms with Crippen LogP contribution in [-0.2, 0) is 4.79 Å². The van der Waals surface area contributed by atoms with Crippen LogP contribution in [-0.4, -0.2) is 16.8 Å². The number of hydrogen-bond donors (Lipinski definition) is 3. The van der Waals surface area contributed by atoms with E-state index in [0.29, 0.717) is 34.0 Å². The SMILES string of the molecule is CC(C)CC1(C(=O)Nc2ccc3[nH]c(-c4ccc(NC(=O)c5ccc(Cl)cc5)cc4)cc3c2)CC(C)CC(C)C1. The van der Waals surface area contributed by atoms with Crippen molar-refractivity contribution in [2.75, 3.05) is 10.6 Å². The van der Waals surface area contributed by atoms with Gasteiger partial charge in [0.15, 0.2) is 0 Å². The van der Waals surface area contributed by atoms with Crippen LogP contribution in [0.15, 0.2) is 72.8 Å². The maximum absolute atomic E-state index is 13.7. The van der Waals surface area contributed by atoms with Crippen molar-refractivity contribution in [2.45, 2.75) is 53.4 Å². The van der Waals surface area contributed by atoms with Crippen molar-refractivity contribution in [3.63, 3.8) is 0 Å². The molecular weight excluding hydrogens is 518 g/mol. The van der Waals surface area contributed by atoms with Crippen molar-refractivity contribution in [3.05, 3.63) is 83.4 Å². The molecule has 5 rings (SSSR count). The zero-order valence-corrected chi connectivity index (χ0v) is 24.4. The molecule has 2 amide bonds. The van der Waals surface area contributed by atoms with E-state index in [0.717, 1.165) is 47.1 Å². The van der Waals surface area contributed by atoms with Gasteiger partial charge in [0.25, 0.3) is 5.91 Å². The van der Waals surface area contributed by atoms with Gasteiger partial charge in [-0.3, -0.25) is 9.59 Å². The Morgan fingerprint density at radius 2 is 1.55 bits per heavy atom. The molecule has 0 saturated heterocycles. The van der Waals surface area contributed by atoms with Gasteiger partial charge in [-0.05, 0) is 110 Å². The second-order valence-corrected chi connectivity index (χ2v) is 12.6. The molecule has 1 aliphatic carbocycles. The van der Waals surface area contributed by atoms with Crippen molar-refractivity contribution >= 4 is 45.7 Å². The summed E-state index contributed by atoms with van der Waals surface area (Å²) in [7, 11) is 0. The zero-order valence-electron chi connectivity index (χ0n) is 23.7. The molecule has 40 heavy (non-hydrogen) atoms. The second-order valence-electron chi connectivity index (χ2n) is 12.2. The molecule has 3 N–H and O–H groups in total. The van der Waals surface area contributed by atoms with Gasteiger partial charge >= 0.3 is 0 Å². The number of carbonyl (C=O) groups excluding carboxylic acids is 2. The van der Waals surface area contributed by atoms with Crippen molar-refractivity contribution in [3.8, 4) is 11.3 Å². The fourth-order valence-corrected chi connectivity index (χ4v) is 6.79. The average Bonchev–Trinajstić information content (AvgIpc) is 3.32. The van der Waals surface area contributed by atoms with Crippen molar-refractivity contribution < 1.29 is 9.59 Å². The lowest BCUT2D eigenvalue weighted by atomic mass is 9.62. The van der Waals surface area contributed by atoms with Gasteiger partial charge in [-0.15, -0.1) is 0 Å². The molecule has 1 heterocycles. The summed E-state index contributed by atoms with van der Waals surface area (Å²) in [6, 6.07) is 22.7. The fourth-order valence-electron chi connectivity index (χ4n) is 6.66. The van der Waals surface area contributed by atoms with Crippen LogP contribution in [0.25, 0.3) is 22.2 Å². The Morgan fingerprint density at radius 3 is 2.20 bits per heavy atom. The Bertz CT molecular complexity index is 1490. The molecule has 1 fully saturated rings. The first-order chi connectivity index (χ1) is 19.1. The highest BCUT2D eigenvalue weighted by molar-refractivity contribution is 6.30. The lowest BCUT2D eigenvalue weighted by molar-refractivity contribution is -0.130. The van der Waals surface area contributed by atoms with E-state index in [4.69, 9.17) is 11.6 Å². The third-order valence-corrected chi connectivity index (χ3v) is 8.25. The molecule has 0 bridgehead atoms. The Morgan fingerprint density at radius 1 is 0.900 bits per heavy atom. The summed E-state index contributed by atoms with van der Waals surface area (Å²) in [6.45, 7) is 9.00. The van der Waals surface area contributed by atoms with E-state index in [-0.39, 0.29) is 17.2 Å². The first kappa shape index (κ1) is 28.0. The molecule has 3 aromatic carbocycles. The predicted octanol–water partition coefficient (Wildman–Crippen LogP) is 9.17. The van der Waals surface area contributed by atoms with E-state index in [1.54, 1.807) is 24.3 Å². The number of halogens is 1. The highest BCUT2D eigenvalue weighted by Crippen LogP contribution is 2.47. The first-order valence-corrected chi connectivity index (χ1v) is 14.6. The van der Waals surface area contributed by atoms with Crippen LogP contribution in [0.4, 0.5) is 11.4 Å². The number of aromatic amines is 1. The second kappa shape index (κ2) is 11.5. The van der Waals surface area contributed by atoms with Crippen LogP contribution in [0.1, 0.15) is 63.7 Å². The number of rotatable bonds is 7. The number of H-pyrrole nitrogens is 1. The summed E-state index contributed by atoms with van der Waals surface area (Å²) in [5, 5.41) is 7.84. The molecule has 4 aromatic rings. The summed E-state index contributed by atoms with van der Waals surface area (Å²) >= 11 is 5.92. The highest BCUT2D eigenvalue weighted by Gasteiger charge is 2.44. The number of amides is 2. The Labute approximate surface area is 241 Å². The average molecular weight is 556 g/mol. The van der Waals surface area contributed by atoms with Crippen LogP contribution in [0.3, 0.4) is 0 Å². The van der Waals surface area contributed by atoms with E-state index in [1.807, 2.05) is 42.5 Å². The van der Waals surface area contributed by atoms with E-state index >= 15 is 0 Å². The largest absolute Gasteiger partial charge is 0.355 e. The van der Waals surface area contributed by atoms with Crippen LogP contribution >= 0.6 is 11.6 Å². The molecular formula is C34H38ClN3O2. The zero-order chi connectivity index (χ0) is 28.4. The molecule has 0 aliphatic heterocycles. The maximum atomic E-state index is 13.7. The number of aromatic nitrogens is 1. The summed E-state index contributed by atoms with van der Waals surface area (Å²) < 4.78 is 0.